The van der Waals surface area contributed by atoms with Gasteiger partial charge >= 0.3 is 5.97 Å². The number of hydrogen-bond donors (Lipinski definition) is 1. The molecule has 0 saturated carbocycles. The monoisotopic (exact) mass is 291 g/mol. The molecule has 0 aromatic heterocycles. The maximum Gasteiger partial charge on any atom is 0.327 e. The second-order valence-corrected chi connectivity index (χ2v) is 4.30. The first-order chi connectivity index (χ1) is 7.04. The summed E-state index contributed by atoms with van der Waals surface area (Å²) in [7, 11) is 1.35. The summed E-state index contributed by atoms with van der Waals surface area (Å²) in [6.07, 6.45) is 0. The fourth-order valence-corrected chi connectivity index (χ4v) is 1.61. The molecule has 0 spiro atoms. The normalized spacial score (nSPS) is 12.0. The number of carbonyl (C=O) groups excluding carboxylic acids is 1. The highest BCUT2D eigenvalue weighted by Gasteiger charge is 2.13. The predicted octanol–water partition coefficient (Wildman–Crippen LogP) is 3.08. The van der Waals surface area contributed by atoms with Gasteiger partial charge in [-0.05, 0) is 41.1 Å². The summed E-state index contributed by atoms with van der Waals surface area (Å²) in [5.74, 6) is -0.318. The Labute approximate surface area is 102 Å². The summed E-state index contributed by atoms with van der Waals surface area (Å²) in [6, 6.07) is 4.91. The van der Waals surface area contributed by atoms with Gasteiger partial charge in [-0.25, -0.2) is 4.79 Å². The molecule has 3 nitrogen and oxygen atoms in total. The lowest BCUT2D eigenvalue weighted by molar-refractivity contribution is -0.141. The number of halogens is 2. The first kappa shape index (κ1) is 12.3. The Morgan fingerprint density at radius 3 is 2.87 bits per heavy atom. The molecule has 1 aromatic carbocycles. The molecule has 5 heteroatoms. The number of hydrogen-bond acceptors (Lipinski definition) is 3. The van der Waals surface area contributed by atoms with E-state index in [1.54, 1.807) is 19.1 Å². The van der Waals surface area contributed by atoms with E-state index in [-0.39, 0.29) is 5.97 Å². The van der Waals surface area contributed by atoms with Gasteiger partial charge in [-0.3, -0.25) is 0 Å². The van der Waals surface area contributed by atoms with Crippen molar-refractivity contribution in [2.75, 3.05) is 12.4 Å². The van der Waals surface area contributed by atoms with E-state index < -0.39 is 6.04 Å². The van der Waals surface area contributed by atoms with Crippen molar-refractivity contribution >= 4 is 39.2 Å². The van der Waals surface area contributed by atoms with Gasteiger partial charge in [-0.15, -0.1) is 0 Å². The summed E-state index contributed by atoms with van der Waals surface area (Å²) in [5, 5.41) is 3.60. The number of ether oxygens (including phenoxy) is 1. The number of rotatable bonds is 3. The Morgan fingerprint density at radius 1 is 1.60 bits per heavy atom. The van der Waals surface area contributed by atoms with Gasteiger partial charge in [0.05, 0.1) is 12.8 Å². The molecule has 82 valence electrons. The number of anilines is 1. The van der Waals surface area contributed by atoms with Crippen LogP contribution in [0.15, 0.2) is 22.7 Å². The number of benzene rings is 1. The minimum Gasteiger partial charge on any atom is -0.467 e. The van der Waals surface area contributed by atoms with E-state index in [9.17, 15) is 4.79 Å². The van der Waals surface area contributed by atoms with Crippen LogP contribution in [0, 0.1) is 0 Å². The van der Waals surface area contributed by atoms with Gasteiger partial charge in [-0.2, -0.15) is 0 Å². The first-order valence-corrected chi connectivity index (χ1v) is 5.51. The van der Waals surface area contributed by atoms with E-state index in [2.05, 4.69) is 26.0 Å². The summed E-state index contributed by atoms with van der Waals surface area (Å²) in [5.41, 5.74) is 0.764. The van der Waals surface area contributed by atoms with E-state index in [1.807, 2.05) is 6.07 Å². The van der Waals surface area contributed by atoms with Gasteiger partial charge in [0.1, 0.15) is 6.04 Å². The second-order valence-electron chi connectivity index (χ2n) is 3.01. The zero-order chi connectivity index (χ0) is 11.4. The Morgan fingerprint density at radius 2 is 2.27 bits per heavy atom. The van der Waals surface area contributed by atoms with Gasteiger partial charge in [-0.1, -0.05) is 11.6 Å². The molecule has 1 aromatic rings. The van der Waals surface area contributed by atoms with Crippen molar-refractivity contribution in [3.8, 4) is 0 Å². The van der Waals surface area contributed by atoms with Crippen molar-refractivity contribution in [1.82, 2.24) is 0 Å². The van der Waals surface area contributed by atoms with Crippen LogP contribution in [0.3, 0.4) is 0 Å². The Hall–Kier alpha value is -0.740. The van der Waals surface area contributed by atoms with Crippen LogP contribution in [0.5, 0.6) is 0 Å². The smallest absolute Gasteiger partial charge is 0.327 e. The van der Waals surface area contributed by atoms with Gasteiger partial charge in [0.25, 0.3) is 0 Å². The lowest BCUT2D eigenvalue weighted by Gasteiger charge is -2.14. The van der Waals surface area contributed by atoms with Crippen molar-refractivity contribution in [1.29, 1.82) is 0 Å². The molecule has 1 atom stereocenters. The summed E-state index contributed by atoms with van der Waals surface area (Å²) >= 11 is 9.19. The van der Waals surface area contributed by atoms with E-state index in [0.29, 0.717) is 5.02 Å². The maximum absolute atomic E-state index is 11.2. The van der Waals surface area contributed by atoms with E-state index in [4.69, 9.17) is 11.6 Å². The van der Waals surface area contributed by atoms with Crippen LogP contribution in [0.4, 0.5) is 5.69 Å². The SMILES string of the molecule is COC(=O)C(C)Nc1cc(Cl)ccc1Br. The third-order valence-electron chi connectivity index (χ3n) is 1.86. The molecule has 0 amide bonds. The van der Waals surface area contributed by atoms with E-state index >= 15 is 0 Å². The Kier molecular flexibility index (Phi) is 4.42. The molecule has 0 bridgehead atoms. The third-order valence-corrected chi connectivity index (χ3v) is 2.78. The summed E-state index contributed by atoms with van der Waals surface area (Å²) in [4.78, 5) is 11.2. The number of carbonyl (C=O) groups is 1. The molecular formula is C10H11BrClNO2. The van der Waals surface area contributed by atoms with Crippen molar-refractivity contribution in [3.05, 3.63) is 27.7 Å². The summed E-state index contributed by atoms with van der Waals surface area (Å²) < 4.78 is 5.45. The van der Waals surface area contributed by atoms with Crippen LogP contribution in [-0.4, -0.2) is 19.1 Å². The van der Waals surface area contributed by atoms with Gasteiger partial charge in [0, 0.05) is 9.50 Å². The highest BCUT2D eigenvalue weighted by molar-refractivity contribution is 9.10. The van der Waals surface area contributed by atoms with E-state index in [0.717, 1.165) is 10.2 Å². The molecule has 0 aliphatic carbocycles. The number of methoxy groups -OCH3 is 1. The molecule has 0 heterocycles. The molecule has 0 aliphatic rings. The Balaban J connectivity index is 2.80. The zero-order valence-electron chi connectivity index (χ0n) is 8.38. The minimum atomic E-state index is -0.412. The van der Waals surface area contributed by atoms with E-state index in [1.165, 1.54) is 7.11 Å². The van der Waals surface area contributed by atoms with Crippen LogP contribution >= 0.6 is 27.5 Å². The highest BCUT2D eigenvalue weighted by atomic mass is 79.9. The van der Waals surface area contributed by atoms with Crippen LogP contribution in [0.25, 0.3) is 0 Å². The fraction of sp³-hybridized carbons (Fsp3) is 0.300. The van der Waals surface area contributed by atoms with Crippen LogP contribution in [0.2, 0.25) is 5.02 Å². The first-order valence-electron chi connectivity index (χ1n) is 4.34. The van der Waals surface area contributed by atoms with Crippen LogP contribution in [-0.2, 0) is 9.53 Å². The number of nitrogens with one attached hydrogen (secondary N) is 1. The molecule has 0 saturated heterocycles. The molecular weight excluding hydrogens is 281 g/mol. The molecule has 1 rings (SSSR count). The maximum atomic E-state index is 11.2. The summed E-state index contributed by atoms with van der Waals surface area (Å²) in [6.45, 7) is 1.72. The van der Waals surface area contributed by atoms with Gasteiger partial charge in [0.15, 0.2) is 0 Å². The topological polar surface area (TPSA) is 38.3 Å². The van der Waals surface area contributed by atoms with Crippen molar-refractivity contribution in [3.63, 3.8) is 0 Å². The van der Waals surface area contributed by atoms with Gasteiger partial charge < -0.3 is 10.1 Å². The second kappa shape index (κ2) is 5.37. The fourth-order valence-electron chi connectivity index (χ4n) is 1.08. The third kappa shape index (κ3) is 3.39. The van der Waals surface area contributed by atoms with Crippen molar-refractivity contribution in [2.24, 2.45) is 0 Å². The molecule has 0 radical (unpaired) electrons. The van der Waals surface area contributed by atoms with Crippen LogP contribution in [0.1, 0.15) is 6.92 Å². The predicted molar refractivity (Wildman–Crippen MR) is 64.3 cm³/mol. The minimum absolute atomic E-state index is 0.318. The quantitative estimate of drug-likeness (QED) is 0.870. The van der Waals surface area contributed by atoms with Crippen molar-refractivity contribution in [2.45, 2.75) is 13.0 Å². The molecule has 0 fully saturated rings. The molecule has 1 unspecified atom stereocenters. The van der Waals surface area contributed by atoms with Crippen molar-refractivity contribution < 1.29 is 9.53 Å². The average Bonchev–Trinajstić information content (AvgIpc) is 2.22. The number of esters is 1. The lowest BCUT2D eigenvalue weighted by Crippen LogP contribution is -2.27. The Bertz CT molecular complexity index is 370. The highest BCUT2D eigenvalue weighted by Crippen LogP contribution is 2.26. The average molecular weight is 293 g/mol. The molecule has 15 heavy (non-hydrogen) atoms. The lowest BCUT2D eigenvalue weighted by atomic mass is 10.2. The standard InChI is InChI=1S/C10H11BrClNO2/c1-6(10(14)15-2)13-9-5-7(12)3-4-8(9)11/h3-6,13H,1-2H3. The molecule has 1 N–H and O–H groups in total. The van der Waals surface area contributed by atoms with Gasteiger partial charge in [0.2, 0.25) is 0 Å². The van der Waals surface area contributed by atoms with Crippen LogP contribution < -0.4 is 5.32 Å². The zero-order valence-corrected chi connectivity index (χ0v) is 10.7. The largest absolute Gasteiger partial charge is 0.467 e. The molecule has 0 aliphatic heterocycles.